The number of carbonyl (C=O) groups excluding carboxylic acids is 3. The van der Waals surface area contributed by atoms with Gasteiger partial charge in [-0.15, -0.1) is 11.3 Å². The Morgan fingerprint density at radius 3 is 2.25 bits per heavy atom. The van der Waals surface area contributed by atoms with E-state index in [1.165, 1.54) is 0 Å². The Morgan fingerprint density at radius 2 is 1.68 bits per heavy atom. The second-order valence-corrected chi connectivity index (χ2v) is 8.27. The molecule has 1 heterocycles. The molecular weight excluding hydrogens is 378 g/mol. The average Bonchev–Trinajstić information content (AvgIpc) is 2.96. The summed E-state index contributed by atoms with van der Waals surface area (Å²) in [6.45, 7) is 8.95. The van der Waals surface area contributed by atoms with Crippen LogP contribution in [0.25, 0.3) is 0 Å². The number of hydrogen-bond acceptors (Lipinski definition) is 6. The van der Waals surface area contributed by atoms with Crippen molar-refractivity contribution in [2.45, 2.75) is 41.2 Å². The highest BCUT2D eigenvalue weighted by Gasteiger charge is 2.30. The van der Waals surface area contributed by atoms with Crippen LogP contribution in [0.3, 0.4) is 0 Å². The maximum Gasteiger partial charge on any atom is 0.349 e. The number of esters is 2. The van der Waals surface area contributed by atoms with E-state index in [0.717, 1.165) is 16.9 Å². The minimum Gasteiger partial charge on any atom is -0.462 e. The zero-order valence-corrected chi connectivity index (χ0v) is 17.6. The second-order valence-electron chi connectivity index (χ2n) is 7.25. The van der Waals surface area contributed by atoms with Crippen LogP contribution in [0.1, 0.15) is 58.9 Å². The van der Waals surface area contributed by atoms with Crippen molar-refractivity contribution in [3.05, 3.63) is 51.9 Å². The van der Waals surface area contributed by atoms with Crippen molar-refractivity contribution in [2.24, 2.45) is 5.41 Å². The van der Waals surface area contributed by atoms with Crippen molar-refractivity contribution in [2.75, 3.05) is 11.9 Å². The molecule has 0 saturated heterocycles. The molecule has 150 valence electrons. The Balaban J connectivity index is 2.31. The first-order chi connectivity index (χ1) is 13.1. The summed E-state index contributed by atoms with van der Waals surface area (Å²) in [4.78, 5) is 37.7. The van der Waals surface area contributed by atoms with Crippen LogP contribution < -0.4 is 5.32 Å². The fraction of sp³-hybridized carbons (Fsp3) is 0.381. The van der Waals surface area contributed by atoms with Crippen molar-refractivity contribution >= 4 is 34.2 Å². The molecule has 2 rings (SSSR count). The van der Waals surface area contributed by atoms with Gasteiger partial charge in [0.05, 0.1) is 12.2 Å². The van der Waals surface area contributed by atoms with Crippen LogP contribution in [0.15, 0.2) is 30.3 Å². The van der Waals surface area contributed by atoms with E-state index >= 15 is 0 Å². The molecule has 1 aromatic heterocycles. The molecule has 1 amide bonds. The Kier molecular flexibility index (Phi) is 6.96. The average molecular weight is 404 g/mol. The smallest absolute Gasteiger partial charge is 0.349 e. The molecule has 0 fully saturated rings. The van der Waals surface area contributed by atoms with Crippen LogP contribution >= 0.6 is 11.3 Å². The van der Waals surface area contributed by atoms with Crippen LogP contribution in [-0.2, 0) is 20.9 Å². The number of anilines is 1. The number of ether oxygens (including phenoxy) is 2. The van der Waals surface area contributed by atoms with E-state index in [4.69, 9.17) is 9.47 Å². The van der Waals surface area contributed by atoms with Gasteiger partial charge in [0.15, 0.2) is 0 Å². The predicted molar refractivity (Wildman–Crippen MR) is 109 cm³/mol. The quantitative estimate of drug-likeness (QED) is 0.714. The molecule has 28 heavy (non-hydrogen) atoms. The number of benzene rings is 1. The van der Waals surface area contributed by atoms with Crippen molar-refractivity contribution < 1.29 is 23.9 Å². The summed E-state index contributed by atoms with van der Waals surface area (Å²) in [6.07, 6.45) is 0. The van der Waals surface area contributed by atoms with Gasteiger partial charge in [0.25, 0.3) is 0 Å². The third kappa shape index (κ3) is 5.19. The molecule has 0 aliphatic rings. The van der Waals surface area contributed by atoms with Gasteiger partial charge in [-0.1, -0.05) is 51.1 Å². The Labute approximate surface area is 168 Å². The summed E-state index contributed by atoms with van der Waals surface area (Å²) in [5.74, 6) is -1.39. The molecule has 2 aromatic rings. The molecule has 6 nitrogen and oxygen atoms in total. The molecule has 7 heteroatoms. The molecular formula is C21H25NO5S. The zero-order chi connectivity index (χ0) is 20.9. The van der Waals surface area contributed by atoms with E-state index in [9.17, 15) is 14.4 Å². The molecule has 1 aromatic carbocycles. The SMILES string of the molecule is CCOC(=O)c1c(NC(=O)C(C)(C)C)sc(C(=O)OCc2ccccc2)c1C. The minimum atomic E-state index is -0.655. The topological polar surface area (TPSA) is 81.7 Å². The number of carbonyl (C=O) groups is 3. The molecule has 0 spiro atoms. The number of hydrogen-bond donors (Lipinski definition) is 1. The molecule has 0 aliphatic carbocycles. The van der Waals surface area contributed by atoms with E-state index in [1.807, 2.05) is 30.3 Å². The highest BCUT2D eigenvalue weighted by molar-refractivity contribution is 7.18. The number of rotatable bonds is 6. The Hall–Kier alpha value is -2.67. The maximum atomic E-state index is 12.6. The predicted octanol–water partition coefficient (Wildman–Crippen LogP) is 4.57. The lowest BCUT2D eigenvalue weighted by Crippen LogP contribution is -2.28. The summed E-state index contributed by atoms with van der Waals surface area (Å²) in [5, 5.41) is 3.04. The number of amides is 1. The lowest BCUT2D eigenvalue weighted by atomic mass is 9.96. The largest absolute Gasteiger partial charge is 0.462 e. The van der Waals surface area contributed by atoms with E-state index in [-0.39, 0.29) is 29.6 Å². The third-order valence-corrected chi connectivity index (χ3v) is 5.12. The fourth-order valence-corrected chi connectivity index (χ4v) is 3.41. The van der Waals surface area contributed by atoms with Gasteiger partial charge in [-0.2, -0.15) is 0 Å². The van der Waals surface area contributed by atoms with E-state index in [1.54, 1.807) is 34.6 Å². The van der Waals surface area contributed by atoms with Gasteiger partial charge in [-0.25, -0.2) is 9.59 Å². The van der Waals surface area contributed by atoms with Gasteiger partial charge in [0.1, 0.15) is 16.5 Å². The third-order valence-electron chi connectivity index (χ3n) is 3.93. The zero-order valence-electron chi connectivity index (χ0n) is 16.8. The van der Waals surface area contributed by atoms with E-state index in [2.05, 4.69) is 5.32 Å². The summed E-state index contributed by atoms with van der Waals surface area (Å²) in [7, 11) is 0. The van der Waals surface area contributed by atoms with Crippen molar-refractivity contribution in [1.29, 1.82) is 0 Å². The van der Waals surface area contributed by atoms with Crippen LogP contribution in [-0.4, -0.2) is 24.5 Å². The highest BCUT2D eigenvalue weighted by Crippen LogP contribution is 2.35. The van der Waals surface area contributed by atoms with Crippen molar-refractivity contribution in [3.63, 3.8) is 0 Å². The van der Waals surface area contributed by atoms with Crippen LogP contribution in [0.4, 0.5) is 5.00 Å². The van der Waals surface area contributed by atoms with Gasteiger partial charge in [0, 0.05) is 5.41 Å². The van der Waals surface area contributed by atoms with Gasteiger partial charge in [-0.3, -0.25) is 4.79 Å². The Morgan fingerprint density at radius 1 is 1.04 bits per heavy atom. The maximum absolute atomic E-state index is 12.6. The van der Waals surface area contributed by atoms with Crippen LogP contribution in [0.5, 0.6) is 0 Å². The summed E-state index contributed by atoms with van der Waals surface area (Å²) in [6, 6.07) is 9.31. The number of nitrogens with one attached hydrogen (secondary N) is 1. The minimum absolute atomic E-state index is 0.120. The first-order valence-corrected chi connectivity index (χ1v) is 9.79. The van der Waals surface area contributed by atoms with Crippen molar-refractivity contribution in [1.82, 2.24) is 0 Å². The molecule has 0 bridgehead atoms. The molecule has 0 radical (unpaired) electrons. The lowest BCUT2D eigenvalue weighted by Gasteiger charge is -2.17. The number of thiophene rings is 1. The summed E-state index contributed by atoms with van der Waals surface area (Å²) < 4.78 is 10.5. The lowest BCUT2D eigenvalue weighted by molar-refractivity contribution is -0.123. The normalized spacial score (nSPS) is 11.0. The summed E-state index contributed by atoms with van der Waals surface area (Å²) in [5.41, 5.74) is 0.830. The van der Waals surface area contributed by atoms with Crippen molar-refractivity contribution in [3.8, 4) is 0 Å². The Bertz CT molecular complexity index is 865. The van der Waals surface area contributed by atoms with E-state index in [0.29, 0.717) is 10.6 Å². The molecule has 0 aliphatic heterocycles. The standard InChI is InChI=1S/C21H25NO5S/c1-6-26-18(23)15-13(2)16(28-17(15)22-20(25)21(3,4)5)19(24)27-12-14-10-8-7-9-11-14/h7-11H,6,12H2,1-5H3,(H,22,25). The van der Waals surface area contributed by atoms with E-state index < -0.39 is 17.4 Å². The molecule has 0 atom stereocenters. The van der Waals surface area contributed by atoms with Gasteiger partial charge in [-0.05, 0) is 25.0 Å². The first kappa shape index (κ1) is 21.6. The molecule has 1 N–H and O–H groups in total. The van der Waals surface area contributed by atoms with Gasteiger partial charge >= 0.3 is 11.9 Å². The molecule has 0 unspecified atom stereocenters. The second kappa shape index (κ2) is 9.01. The molecule has 0 saturated carbocycles. The van der Waals surface area contributed by atoms with Gasteiger partial charge in [0.2, 0.25) is 5.91 Å². The van der Waals surface area contributed by atoms with Gasteiger partial charge < -0.3 is 14.8 Å². The highest BCUT2D eigenvalue weighted by atomic mass is 32.1. The monoisotopic (exact) mass is 403 g/mol. The first-order valence-electron chi connectivity index (χ1n) is 8.98. The van der Waals surface area contributed by atoms with Crippen LogP contribution in [0, 0.1) is 12.3 Å². The van der Waals surface area contributed by atoms with Crippen LogP contribution in [0.2, 0.25) is 0 Å². The summed E-state index contributed by atoms with van der Waals surface area (Å²) >= 11 is 1.02. The fourth-order valence-electron chi connectivity index (χ4n) is 2.32.